The molecule has 2 aliphatic heterocycles. The van der Waals surface area contributed by atoms with Gasteiger partial charge >= 0.3 is 36.4 Å². The first-order valence-electron chi connectivity index (χ1n) is 12.9. The number of carboxylic acid groups (broad SMARTS) is 3. The predicted octanol–water partition coefficient (Wildman–Crippen LogP) is 4.83. The van der Waals surface area contributed by atoms with Gasteiger partial charge in [-0.05, 0) is 50.1 Å². The monoisotopic (exact) mass is 683 g/mol. The fourth-order valence-corrected chi connectivity index (χ4v) is 4.10. The van der Waals surface area contributed by atoms with Crippen LogP contribution in [0.25, 0.3) is 0 Å². The fraction of sp³-hybridized carbons (Fsp3) is 0.538. The zero-order chi connectivity index (χ0) is 35.3. The number of rotatable bonds is 5. The van der Waals surface area contributed by atoms with E-state index >= 15 is 0 Å². The Kier molecular flexibility index (Phi) is 14.9. The Morgan fingerprint density at radius 2 is 1.41 bits per heavy atom. The lowest BCUT2D eigenvalue weighted by Gasteiger charge is -2.38. The lowest BCUT2D eigenvalue weighted by atomic mass is 9.87. The second kappa shape index (κ2) is 17.1. The van der Waals surface area contributed by atoms with Crippen molar-refractivity contribution in [2.75, 3.05) is 26.7 Å². The van der Waals surface area contributed by atoms with Crippen LogP contribution in [0.3, 0.4) is 0 Å². The van der Waals surface area contributed by atoms with E-state index in [0.29, 0.717) is 6.04 Å². The number of aromatic nitrogens is 1. The van der Waals surface area contributed by atoms with Crippen molar-refractivity contribution in [1.82, 2.24) is 14.8 Å². The van der Waals surface area contributed by atoms with Crippen molar-refractivity contribution in [1.29, 1.82) is 0 Å². The number of ether oxygens (including phenoxy) is 1. The van der Waals surface area contributed by atoms with E-state index < -0.39 is 36.4 Å². The molecule has 4 heterocycles. The highest BCUT2D eigenvalue weighted by molar-refractivity contribution is 5.73. The second-order valence-electron chi connectivity index (χ2n) is 9.89. The number of piperidine rings is 1. The van der Waals surface area contributed by atoms with E-state index in [9.17, 15) is 39.5 Å². The van der Waals surface area contributed by atoms with E-state index in [-0.39, 0.29) is 5.60 Å². The largest absolute Gasteiger partial charge is 0.490 e. The number of hydrogen-bond acceptors (Lipinski definition) is 8. The van der Waals surface area contributed by atoms with Crippen LogP contribution >= 0.6 is 0 Å². The molecule has 0 amide bonds. The third-order valence-electron chi connectivity index (χ3n) is 6.42. The molecular formula is C26H30F9N3O8. The Bertz CT molecular complexity index is 1160. The lowest BCUT2D eigenvalue weighted by Crippen LogP contribution is -2.44. The molecule has 0 aliphatic carbocycles. The normalized spacial score (nSPS) is 17.9. The van der Waals surface area contributed by atoms with Gasteiger partial charge in [0.1, 0.15) is 5.76 Å². The Morgan fingerprint density at radius 3 is 1.80 bits per heavy atom. The third-order valence-corrected chi connectivity index (χ3v) is 6.42. The van der Waals surface area contributed by atoms with Gasteiger partial charge in [-0.25, -0.2) is 14.4 Å². The first-order valence-corrected chi connectivity index (χ1v) is 12.9. The van der Waals surface area contributed by atoms with Gasteiger partial charge in [0.25, 0.3) is 0 Å². The van der Waals surface area contributed by atoms with Gasteiger partial charge in [-0.3, -0.25) is 14.8 Å². The number of likely N-dealkylation sites (tertiary alicyclic amines) is 1. The Labute approximate surface area is 255 Å². The summed E-state index contributed by atoms with van der Waals surface area (Å²) >= 11 is 0. The number of carboxylic acids is 3. The summed E-state index contributed by atoms with van der Waals surface area (Å²) in [4.78, 5) is 35.8. The van der Waals surface area contributed by atoms with Crippen LogP contribution in [0.4, 0.5) is 39.5 Å². The highest BCUT2D eigenvalue weighted by Gasteiger charge is 2.44. The van der Waals surface area contributed by atoms with Crippen molar-refractivity contribution < 1.29 is 78.4 Å². The molecule has 4 rings (SSSR count). The van der Waals surface area contributed by atoms with Crippen LogP contribution in [0.2, 0.25) is 0 Å². The summed E-state index contributed by atoms with van der Waals surface area (Å²) in [7, 11) is 2.20. The number of furan rings is 1. The number of carbonyl (C=O) groups is 3. The minimum atomic E-state index is -5.08. The minimum Gasteiger partial charge on any atom is -0.475 e. The highest BCUT2D eigenvalue weighted by Crippen LogP contribution is 2.38. The van der Waals surface area contributed by atoms with Crippen molar-refractivity contribution in [3.8, 4) is 0 Å². The van der Waals surface area contributed by atoms with Crippen molar-refractivity contribution in [3.63, 3.8) is 0 Å². The van der Waals surface area contributed by atoms with E-state index in [4.69, 9.17) is 38.9 Å². The molecule has 2 aliphatic rings. The van der Waals surface area contributed by atoms with E-state index in [1.807, 2.05) is 24.5 Å². The topological polar surface area (TPSA) is 154 Å². The summed E-state index contributed by atoms with van der Waals surface area (Å²) in [6.45, 7) is 4.85. The molecule has 2 aromatic heterocycles. The average Bonchev–Trinajstić information content (AvgIpc) is 3.61. The number of likely N-dealkylation sites (N-methyl/N-ethyl adjacent to an activating group) is 1. The summed E-state index contributed by atoms with van der Waals surface area (Å²) in [5, 5.41) is 21.4. The SMILES string of the molecule is CN(Cc1cccnc1)C1COC2(CCN(Cc3ccco3)CC2)C1.O=C(O)C(F)(F)F.O=C(O)C(F)(F)F.O=C(O)C(F)(F)F. The zero-order valence-corrected chi connectivity index (χ0v) is 23.9. The summed E-state index contributed by atoms with van der Waals surface area (Å²) in [5.74, 6) is -7.22. The van der Waals surface area contributed by atoms with E-state index in [1.165, 1.54) is 5.56 Å². The summed E-state index contributed by atoms with van der Waals surface area (Å²) in [6, 6.07) is 8.66. The molecule has 1 unspecified atom stereocenters. The molecule has 260 valence electrons. The van der Waals surface area contributed by atoms with Crippen LogP contribution in [0.15, 0.2) is 47.3 Å². The fourth-order valence-electron chi connectivity index (χ4n) is 4.10. The molecule has 0 radical (unpaired) electrons. The van der Waals surface area contributed by atoms with Gasteiger partial charge in [-0.15, -0.1) is 0 Å². The summed E-state index contributed by atoms with van der Waals surface area (Å²) in [5.41, 5.74) is 1.34. The first kappa shape index (κ1) is 40.1. The van der Waals surface area contributed by atoms with Gasteiger partial charge in [-0.1, -0.05) is 6.07 Å². The number of hydrogen-bond donors (Lipinski definition) is 3. The highest BCUT2D eigenvalue weighted by atomic mass is 19.4. The first-order chi connectivity index (χ1) is 21.1. The molecule has 20 heteroatoms. The van der Waals surface area contributed by atoms with Gasteiger partial charge in [-0.2, -0.15) is 39.5 Å². The molecular weight excluding hydrogens is 653 g/mol. The number of nitrogens with zero attached hydrogens (tertiary/aromatic N) is 3. The maximum atomic E-state index is 10.6. The van der Waals surface area contributed by atoms with Crippen LogP contribution in [0.1, 0.15) is 30.6 Å². The smallest absolute Gasteiger partial charge is 0.475 e. The lowest BCUT2D eigenvalue weighted by molar-refractivity contribution is -0.193. The molecule has 2 saturated heterocycles. The van der Waals surface area contributed by atoms with Crippen LogP contribution < -0.4 is 0 Å². The van der Waals surface area contributed by atoms with Crippen molar-refractivity contribution in [3.05, 3.63) is 54.2 Å². The molecule has 46 heavy (non-hydrogen) atoms. The predicted molar refractivity (Wildman–Crippen MR) is 137 cm³/mol. The molecule has 3 N–H and O–H groups in total. The van der Waals surface area contributed by atoms with Crippen LogP contribution in [-0.4, -0.2) is 105 Å². The number of halogens is 9. The minimum absolute atomic E-state index is 0.0769. The molecule has 2 aromatic rings. The number of alkyl halides is 9. The Balaban J connectivity index is 0.000000413. The van der Waals surface area contributed by atoms with Gasteiger partial charge in [0, 0.05) is 38.1 Å². The molecule has 0 bridgehead atoms. The van der Waals surface area contributed by atoms with Gasteiger partial charge in [0.05, 0.1) is 25.0 Å². The van der Waals surface area contributed by atoms with E-state index in [1.54, 1.807) is 6.26 Å². The maximum Gasteiger partial charge on any atom is 0.490 e. The zero-order valence-electron chi connectivity index (χ0n) is 23.9. The van der Waals surface area contributed by atoms with Gasteiger partial charge in [0.15, 0.2) is 0 Å². The van der Waals surface area contributed by atoms with E-state index in [0.717, 1.165) is 57.8 Å². The molecule has 0 saturated carbocycles. The molecule has 11 nitrogen and oxygen atoms in total. The van der Waals surface area contributed by atoms with Gasteiger partial charge < -0.3 is 24.5 Å². The quantitative estimate of drug-likeness (QED) is 0.372. The standard InChI is InChI=1S/C20H27N3O2.3C2HF3O2/c1-22(14-17-4-2-8-21-13-17)18-12-20(25-16-18)6-9-23(10-7-20)15-19-5-3-11-24-19;3*3-2(4,5)1(6)7/h2-5,8,11,13,18H,6-7,9-10,12,14-16H2,1H3;3*(H,6,7). The van der Waals surface area contributed by atoms with Crippen molar-refractivity contribution >= 4 is 17.9 Å². The summed E-state index contributed by atoms with van der Waals surface area (Å²) in [6.07, 6.45) is -6.35. The van der Waals surface area contributed by atoms with Crippen LogP contribution in [0.5, 0.6) is 0 Å². The van der Waals surface area contributed by atoms with Crippen LogP contribution in [0, 0.1) is 0 Å². The molecule has 0 aromatic carbocycles. The van der Waals surface area contributed by atoms with Crippen LogP contribution in [-0.2, 0) is 32.2 Å². The van der Waals surface area contributed by atoms with Crippen molar-refractivity contribution in [2.24, 2.45) is 0 Å². The number of pyridine rings is 1. The van der Waals surface area contributed by atoms with Crippen molar-refractivity contribution in [2.45, 2.75) is 62.5 Å². The second-order valence-corrected chi connectivity index (χ2v) is 9.89. The van der Waals surface area contributed by atoms with Gasteiger partial charge in [0.2, 0.25) is 0 Å². The Morgan fingerprint density at radius 1 is 0.913 bits per heavy atom. The maximum absolute atomic E-state index is 10.6. The number of aliphatic carboxylic acids is 3. The summed E-state index contributed by atoms with van der Waals surface area (Å²) < 4.78 is 107. The third kappa shape index (κ3) is 14.9. The molecule has 1 spiro atoms. The van der Waals surface area contributed by atoms with E-state index in [2.05, 4.69) is 34.0 Å². The average molecular weight is 684 g/mol. The Hall–Kier alpha value is -3.91. The molecule has 2 fully saturated rings. The molecule has 1 atom stereocenters.